The van der Waals surface area contributed by atoms with Gasteiger partial charge in [0.1, 0.15) is 11.6 Å². The lowest BCUT2D eigenvalue weighted by Crippen LogP contribution is -2.45. The van der Waals surface area contributed by atoms with E-state index in [1.807, 2.05) is 7.05 Å². The summed E-state index contributed by atoms with van der Waals surface area (Å²) in [5.74, 6) is -2.47. The zero-order valence-corrected chi connectivity index (χ0v) is 13.0. The second-order valence-corrected chi connectivity index (χ2v) is 5.61. The highest BCUT2D eigenvalue weighted by atomic mass is 19.1. The first-order chi connectivity index (χ1) is 11.0. The number of amides is 1. The minimum atomic E-state index is -0.908. The third kappa shape index (κ3) is 5.37. The van der Waals surface area contributed by atoms with Gasteiger partial charge < -0.3 is 15.0 Å². The first kappa shape index (κ1) is 17.5. The van der Waals surface area contributed by atoms with Crippen molar-refractivity contribution in [3.8, 4) is 0 Å². The number of ketones is 1. The Balaban J connectivity index is 1.74. The lowest BCUT2D eigenvalue weighted by atomic mass is 10.1. The van der Waals surface area contributed by atoms with Gasteiger partial charge in [0.25, 0.3) is 0 Å². The van der Waals surface area contributed by atoms with Gasteiger partial charge in [0.05, 0.1) is 18.3 Å². The van der Waals surface area contributed by atoms with Crippen LogP contribution < -0.4 is 5.32 Å². The maximum absolute atomic E-state index is 13.5. The van der Waals surface area contributed by atoms with E-state index in [2.05, 4.69) is 10.2 Å². The van der Waals surface area contributed by atoms with Crippen molar-refractivity contribution in [3.63, 3.8) is 0 Å². The molecule has 1 aromatic carbocycles. The Morgan fingerprint density at radius 3 is 2.83 bits per heavy atom. The predicted molar refractivity (Wildman–Crippen MR) is 80.2 cm³/mol. The number of nitrogens with zero attached hydrogens (tertiary/aromatic N) is 1. The molecular weight excluding hydrogens is 306 g/mol. The lowest BCUT2D eigenvalue weighted by Gasteiger charge is -2.30. The molecule has 1 atom stereocenters. The third-order valence-electron chi connectivity index (χ3n) is 3.68. The van der Waals surface area contributed by atoms with Gasteiger partial charge in [-0.15, -0.1) is 0 Å². The summed E-state index contributed by atoms with van der Waals surface area (Å²) in [6.45, 7) is 2.60. The molecule has 0 radical (unpaired) electrons. The second-order valence-electron chi connectivity index (χ2n) is 5.61. The van der Waals surface area contributed by atoms with Crippen LogP contribution in [0.3, 0.4) is 0 Å². The number of rotatable bonds is 6. The Labute approximate surface area is 133 Å². The van der Waals surface area contributed by atoms with Gasteiger partial charge in [0, 0.05) is 38.5 Å². The van der Waals surface area contributed by atoms with Gasteiger partial charge in [-0.1, -0.05) is 0 Å². The fourth-order valence-corrected chi connectivity index (χ4v) is 2.38. The molecule has 1 N–H and O–H groups in total. The fourth-order valence-electron chi connectivity index (χ4n) is 2.38. The summed E-state index contributed by atoms with van der Waals surface area (Å²) in [6, 6.07) is 2.77. The number of ether oxygens (including phenoxy) is 1. The second kappa shape index (κ2) is 8.12. The van der Waals surface area contributed by atoms with E-state index in [4.69, 9.17) is 4.74 Å². The molecule has 126 valence electrons. The first-order valence-corrected chi connectivity index (χ1v) is 7.51. The minimum Gasteiger partial charge on any atom is -0.374 e. The molecule has 5 nitrogen and oxygen atoms in total. The van der Waals surface area contributed by atoms with Crippen LogP contribution in [0.2, 0.25) is 0 Å². The average Bonchev–Trinajstić information content (AvgIpc) is 2.50. The fraction of sp³-hybridized carbons (Fsp3) is 0.500. The molecule has 0 aliphatic carbocycles. The normalized spacial score (nSPS) is 18.7. The summed E-state index contributed by atoms with van der Waals surface area (Å²) in [7, 11) is 1.98. The van der Waals surface area contributed by atoms with Crippen LogP contribution in [-0.2, 0) is 9.53 Å². The summed E-state index contributed by atoms with van der Waals surface area (Å²) in [5, 5.41) is 2.71. The molecule has 7 heteroatoms. The number of carbonyl (C=O) groups excluding carboxylic acids is 2. The number of morpholine rings is 1. The maximum Gasteiger partial charge on any atom is 0.220 e. The number of hydrogen-bond donors (Lipinski definition) is 1. The van der Waals surface area contributed by atoms with Crippen molar-refractivity contribution in [2.75, 3.05) is 33.3 Å². The number of halogens is 2. The monoisotopic (exact) mass is 326 g/mol. The third-order valence-corrected chi connectivity index (χ3v) is 3.68. The summed E-state index contributed by atoms with van der Waals surface area (Å²) >= 11 is 0. The molecule has 1 fully saturated rings. The largest absolute Gasteiger partial charge is 0.374 e. The van der Waals surface area contributed by atoms with Crippen molar-refractivity contribution in [2.45, 2.75) is 18.9 Å². The van der Waals surface area contributed by atoms with Crippen molar-refractivity contribution in [1.82, 2.24) is 10.2 Å². The standard InChI is InChI=1S/C16H20F2N2O3/c1-20-6-7-23-12(10-20)9-19-16(22)5-4-15(21)13-3-2-11(17)8-14(13)18/h2-3,8,12H,4-7,9-10H2,1H3,(H,19,22)/t12-/m1/s1. The van der Waals surface area contributed by atoms with Gasteiger partial charge in [-0.3, -0.25) is 9.59 Å². The summed E-state index contributed by atoms with van der Waals surface area (Å²) in [4.78, 5) is 25.7. The summed E-state index contributed by atoms with van der Waals surface area (Å²) in [5.41, 5.74) is -0.198. The summed E-state index contributed by atoms with van der Waals surface area (Å²) < 4.78 is 31.8. The van der Waals surface area contributed by atoms with Crippen LogP contribution in [0.5, 0.6) is 0 Å². The average molecular weight is 326 g/mol. The Hall–Kier alpha value is -1.86. The SMILES string of the molecule is CN1CCO[C@H](CNC(=O)CCC(=O)c2ccc(F)cc2F)C1. The molecule has 0 spiro atoms. The van der Waals surface area contributed by atoms with Gasteiger partial charge in [-0.05, 0) is 19.2 Å². The first-order valence-electron chi connectivity index (χ1n) is 7.51. The number of Topliss-reactive ketones (excluding diaryl/α,β-unsaturated/α-hetero) is 1. The smallest absolute Gasteiger partial charge is 0.220 e. The summed E-state index contributed by atoms with van der Waals surface area (Å²) in [6.07, 6.45) is -0.235. The minimum absolute atomic E-state index is 0.0434. The Morgan fingerprint density at radius 1 is 1.35 bits per heavy atom. The number of likely N-dealkylation sites (N-methyl/N-ethyl adjacent to an activating group) is 1. The lowest BCUT2D eigenvalue weighted by molar-refractivity contribution is -0.122. The zero-order chi connectivity index (χ0) is 16.8. The van der Waals surface area contributed by atoms with Crippen LogP contribution in [-0.4, -0.2) is 56.0 Å². The van der Waals surface area contributed by atoms with Gasteiger partial charge in [-0.25, -0.2) is 8.78 Å². The van der Waals surface area contributed by atoms with Gasteiger partial charge in [-0.2, -0.15) is 0 Å². The van der Waals surface area contributed by atoms with Crippen LogP contribution >= 0.6 is 0 Å². The van der Waals surface area contributed by atoms with E-state index in [1.165, 1.54) is 0 Å². The molecule has 0 unspecified atom stereocenters. The molecule has 2 rings (SSSR count). The van der Waals surface area contributed by atoms with Crippen molar-refractivity contribution in [1.29, 1.82) is 0 Å². The van der Waals surface area contributed by atoms with E-state index in [1.54, 1.807) is 0 Å². The van der Waals surface area contributed by atoms with Crippen LogP contribution in [0.1, 0.15) is 23.2 Å². The van der Waals surface area contributed by atoms with Crippen molar-refractivity contribution >= 4 is 11.7 Å². The van der Waals surface area contributed by atoms with E-state index in [0.717, 1.165) is 25.2 Å². The highest BCUT2D eigenvalue weighted by Gasteiger charge is 2.19. The number of hydrogen-bond acceptors (Lipinski definition) is 4. The molecule has 1 aromatic rings. The molecule has 1 saturated heterocycles. The van der Waals surface area contributed by atoms with Crippen LogP contribution in [0.25, 0.3) is 0 Å². The van der Waals surface area contributed by atoms with Gasteiger partial charge >= 0.3 is 0 Å². The van der Waals surface area contributed by atoms with E-state index in [9.17, 15) is 18.4 Å². The predicted octanol–water partition coefficient (Wildman–Crippen LogP) is 1.37. The Morgan fingerprint density at radius 2 is 2.13 bits per heavy atom. The molecule has 0 saturated carbocycles. The molecule has 0 bridgehead atoms. The zero-order valence-electron chi connectivity index (χ0n) is 13.0. The van der Waals surface area contributed by atoms with E-state index < -0.39 is 17.4 Å². The molecule has 1 aliphatic heterocycles. The van der Waals surface area contributed by atoms with Gasteiger partial charge in [0.15, 0.2) is 5.78 Å². The highest BCUT2D eigenvalue weighted by molar-refractivity contribution is 5.98. The Bertz CT molecular complexity index is 580. The molecule has 0 aromatic heterocycles. The number of benzene rings is 1. The molecule has 23 heavy (non-hydrogen) atoms. The van der Waals surface area contributed by atoms with Crippen LogP contribution in [0, 0.1) is 11.6 Å². The van der Waals surface area contributed by atoms with Crippen molar-refractivity contribution in [2.24, 2.45) is 0 Å². The molecule has 1 amide bonds. The van der Waals surface area contributed by atoms with E-state index in [0.29, 0.717) is 19.2 Å². The number of nitrogens with one attached hydrogen (secondary N) is 1. The van der Waals surface area contributed by atoms with Crippen LogP contribution in [0.15, 0.2) is 18.2 Å². The van der Waals surface area contributed by atoms with Gasteiger partial charge in [0.2, 0.25) is 5.91 Å². The quantitative estimate of drug-likeness (QED) is 0.802. The maximum atomic E-state index is 13.5. The number of carbonyl (C=O) groups is 2. The van der Waals surface area contributed by atoms with E-state index in [-0.39, 0.29) is 30.4 Å². The topological polar surface area (TPSA) is 58.6 Å². The van der Waals surface area contributed by atoms with Crippen molar-refractivity contribution < 1.29 is 23.1 Å². The van der Waals surface area contributed by atoms with E-state index >= 15 is 0 Å². The molecule has 1 aliphatic rings. The van der Waals surface area contributed by atoms with Crippen molar-refractivity contribution in [3.05, 3.63) is 35.4 Å². The Kier molecular flexibility index (Phi) is 6.18. The highest BCUT2D eigenvalue weighted by Crippen LogP contribution is 2.12. The molecule has 1 heterocycles. The molecular formula is C16H20F2N2O3. The van der Waals surface area contributed by atoms with Crippen LogP contribution in [0.4, 0.5) is 8.78 Å².